The van der Waals surface area contributed by atoms with E-state index in [1.807, 2.05) is 13.8 Å². The number of carbonyl (C=O) groups excluding carboxylic acids is 2. The SMILES string of the molecule is CCC(C)C(=O)Nc1nnc(C2CC(=O)N(c3ccc(F)cc3)C2)s1. The van der Waals surface area contributed by atoms with Crippen LogP contribution < -0.4 is 10.2 Å². The molecule has 1 saturated heterocycles. The average Bonchev–Trinajstić information content (AvgIpc) is 3.21. The molecule has 6 nitrogen and oxygen atoms in total. The van der Waals surface area contributed by atoms with Gasteiger partial charge < -0.3 is 10.2 Å². The Balaban J connectivity index is 1.68. The summed E-state index contributed by atoms with van der Waals surface area (Å²) < 4.78 is 13.0. The number of carbonyl (C=O) groups is 2. The summed E-state index contributed by atoms with van der Waals surface area (Å²) in [5.74, 6) is -0.617. The molecule has 0 spiro atoms. The molecule has 1 N–H and O–H groups in total. The van der Waals surface area contributed by atoms with Crippen molar-refractivity contribution in [3.05, 3.63) is 35.1 Å². The van der Waals surface area contributed by atoms with Gasteiger partial charge in [-0.05, 0) is 30.7 Å². The fourth-order valence-corrected chi connectivity index (χ4v) is 3.45. The predicted octanol–water partition coefficient (Wildman–Crippen LogP) is 3.18. The lowest BCUT2D eigenvalue weighted by Gasteiger charge is -2.16. The van der Waals surface area contributed by atoms with Crippen molar-refractivity contribution >= 4 is 34.0 Å². The highest BCUT2D eigenvalue weighted by atomic mass is 32.1. The standard InChI is InChI=1S/C17H19FN4O2S/c1-3-10(2)15(24)19-17-21-20-16(25-17)11-8-14(23)22(9-11)13-6-4-12(18)5-7-13/h4-7,10-11H,3,8-9H2,1-2H3,(H,19,21,24). The third-order valence-corrected chi connectivity index (χ3v) is 5.34. The van der Waals surface area contributed by atoms with E-state index in [-0.39, 0.29) is 29.5 Å². The monoisotopic (exact) mass is 362 g/mol. The molecule has 0 saturated carbocycles. The zero-order valence-corrected chi connectivity index (χ0v) is 14.8. The Morgan fingerprint density at radius 2 is 2.12 bits per heavy atom. The van der Waals surface area contributed by atoms with Crippen LogP contribution >= 0.6 is 11.3 Å². The van der Waals surface area contributed by atoms with Crippen LogP contribution in [0.25, 0.3) is 0 Å². The van der Waals surface area contributed by atoms with Gasteiger partial charge in [0.05, 0.1) is 0 Å². The topological polar surface area (TPSA) is 75.2 Å². The van der Waals surface area contributed by atoms with Crippen molar-refractivity contribution in [2.75, 3.05) is 16.8 Å². The fraction of sp³-hybridized carbons (Fsp3) is 0.412. The van der Waals surface area contributed by atoms with Crippen LogP contribution in [-0.2, 0) is 9.59 Å². The molecule has 0 aliphatic carbocycles. The zero-order chi connectivity index (χ0) is 18.0. The van der Waals surface area contributed by atoms with Gasteiger partial charge in [0.25, 0.3) is 0 Å². The molecule has 1 aliphatic heterocycles. The van der Waals surface area contributed by atoms with Gasteiger partial charge in [-0.3, -0.25) is 9.59 Å². The number of amides is 2. The molecule has 25 heavy (non-hydrogen) atoms. The second-order valence-corrected chi connectivity index (χ2v) is 7.13. The van der Waals surface area contributed by atoms with E-state index in [9.17, 15) is 14.0 Å². The molecule has 3 rings (SSSR count). The zero-order valence-electron chi connectivity index (χ0n) is 14.0. The molecule has 0 radical (unpaired) electrons. The highest BCUT2D eigenvalue weighted by Gasteiger charge is 2.34. The molecule has 1 aliphatic rings. The van der Waals surface area contributed by atoms with Crippen LogP contribution in [0.3, 0.4) is 0 Å². The van der Waals surface area contributed by atoms with Crippen LogP contribution in [0.1, 0.15) is 37.6 Å². The molecule has 1 fully saturated rings. The van der Waals surface area contributed by atoms with Gasteiger partial charge in [-0.25, -0.2) is 4.39 Å². The quantitative estimate of drug-likeness (QED) is 0.886. The van der Waals surface area contributed by atoms with E-state index < -0.39 is 0 Å². The van der Waals surface area contributed by atoms with Crippen LogP contribution in [0.4, 0.5) is 15.2 Å². The minimum absolute atomic E-state index is 0.0306. The third-order valence-electron chi connectivity index (χ3n) is 4.34. The Bertz CT molecular complexity index is 777. The van der Waals surface area contributed by atoms with Crippen molar-refractivity contribution in [2.24, 2.45) is 5.92 Å². The van der Waals surface area contributed by atoms with E-state index in [1.165, 1.54) is 23.5 Å². The number of rotatable bonds is 5. The van der Waals surface area contributed by atoms with Gasteiger partial charge >= 0.3 is 0 Å². The minimum atomic E-state index is -0.335. The minimum Gasteiger partial charge on any atom is -0.312 e. The van der Waals surface area contributed by atoms with E-state index in [0.717, 1.165) is 11.4 Å². The highest BCUT2D eigenvalue weighted by Crippen LogP contribution is 2.34. The first-order valence-corrected chi connectivity index (χ1v) is 8.99. The van der Waals surface area contributed by atoms with E-state index in [0.29, 0.717) is 23.8 Å². The molecule has 0 bridgehead atoms. The highest BCUT2D eigenvalue weighted by molar-refractivity contribution is 7.15. The van der Waals surface area contributed by atoms with Crippen LogP contribution in [0, 0.1) is 11.7 Å². The van der Waals surface area contributed by atoms with E-state index in [1.54, 1.807) is 17.0 Å². The van der Waals surface area contributed by atoms with Crippen molar-refractivity contribution in [1.29, 1.82) is 0 Å². The summed E-state index contributed by atoms with van der Waals surface area (Å²) in [5.41, 5.74) is 0.670. The summed E-state index contributed by atoms with van der Waals surface area (Å²) in [4.78, 5) is 25.8. The van der Waals surface area contributed by atoms with Crippen molar-refractivity contribution in [2.45, 2.75) is 32.6 Å². The summed E-state index contributed by atoms with van der Waals surface area (Å²) in [6.45, 7) is 4.27. The van der Waals surface area contributed by atoms with Crippen LogP contribution in [0.2, 0.25) is 0 Å². The Morgan fingerprint density at radius 3 is 2.80 bits per heavy atom. The first-order chi connectivity index (χ1) is 12.0. The third kappa shape index (κ3) is 3.84. The predicted molar refractivity (Wildman–Crippen MR) is 94.1 cm³/mol. The average molecular weight is 362 g/mol. The Hall–Kier alpha value is -2.35. The van der Waals surface area contributed by atoms with Gasteiger partial charge in [0.2, 0.25) is 16.9 Å². The molecule has 2 unspecified atom stereocenters. The van der Waals surface area contributed by atoms with E-state index in [4.69, 9.17) is 0 Å². The van der Waals surface area contributed by atoms with Gasteiger partial charge in [0.15, 0.2) is 0 Å². The second kappa shape index (κ2) is 7.26. The maximum Gasteiger partial charge on any atom is 0.229 e. The van der Waals surface area contributed by atoms with E-state index >= 15 is 0 Å². The Kier molecular flexibility index (Phi) is 5.08. The molecular formula is C17H19FN4O2S. The molecular weight excluding hydrogens is 343 g/mol. The molecule has 2 atom stereocenters. The van der Waals surface area contributed by atoms with Crippen LogP contribution in [0.15, 0.2) is 24.3 Å². The normalized spacial score (nSPS) is 18.4. The van der Waals surface area contributed by atoms with Crippen LogP contribution in [0.5, 0.6) is 0 Å². The number of hydrogen-bond donors (Lipinski definition) is 1. The molecule has 1 aromatic carbocycles. The van der Waals surface area contributed by atoms with Crippen molar-refractivity contribution in [3.8, 4) is 0 Å². The lowest BCUT2D eigenvalue weighted by Crippen LogP contribution is -2.24. The van der Waals surface area contributed by atoms with Crippen LogP contribution in [-0.4, -0.2) is 28.6 Å². The number of nitrogens with zero attached hydrogens (tertiary/aromatic N) is 3. The smallest absolute Gasteiger partial charge is 0.229 e. The number of anilines is 2. The number of aromatic nitrogens is 2. The number of nitrogens with one attached hydrogen (secondary N) is 1. The fourth-order valence-electron chi connectivity index (χ4n) is 2.61. The number of halogens is 1. The maximum atomic E-state index is 13.0. The second-order valence-electron chi connectivity index (χ2n) is 6.13. The lowest BCUT2D eigenvalue weighted by molar-refractivity contribution is -0.119. The molecule has 2 heterocycles. The number of benzene rings is 1. The Labute approximate surface area is 149 Å². The van der Waals surface area contributed by atoms with Gasteiger partial charge in [0, 0.05) is 30.5 Å². The molecule has 8 heteroatoms. The largest absolute Gasteiger partial charge is 0.312 e. The number of hydrogen-bond acceptors (Lipinski definition) is 5. The van der Waals surface area contributed by atoms with Crippen molar-refractivity contribution in [1.82, 2.24) is 10.2 Å². The van der Waals surface area contributed by atoms with Gasteiger partial charge in [-0.2, -0.15) is 0 Å². The van der Waals surface area contributed by atoms with Gasteiger partial charge in [-0.15, -0.1) is 10.2 Å². The lowest BCUT2D eigenvalue weighted by atomic mass is 10.1. The molecule has 132 valence electrons. The van der Waals surface area contributed by atoms with E-state index in [2.05, 4.69) is 15.5 Å². The summed E-state index contributed by atoms with van der Waals surface area (Å²) >= 11 is 1.30. The van der Waals surface area contributed by atoms with Crippen molar-refractivity contribution in [3.63, 3.8) is 0 Å². The molecule has 2 aromatic rings. The van der Waals surface area contributed by atoms with Crippen molar-refractivity contribution < 1.29 is 14.0 Å². The maximum absolute atomic E-state index is 13.0. The van der Waals surface area contributed by atoms with Gasteiger partial charge in [-0.1, -0.05) is 25.2 Å². The molecule has 2 amide bonds. The summed E-state index contributed by atoms with van der Waals surface area (Å²) in [7, 11) is 0. The first kappa shape index (κ1) is 17.5. The summed E-state index contributed by atoms with van der Waals surface area (Å²) in [5, 5.41) is 12.1. The Morgan fingerprint density at radius 1 is 1.40 bits per heavy atom. The summed E-state index contributed by atoms with van der Waals surface area (Å²) in [6, 6.07) is 5.86. The first-order valence-electron chi connectivity index (χ1n) is 8.18. The van der Waals surface area contributed by atoms with Gasteiger partial charge in [0.1, 0.15) is 10.8 Å². The molecule has 1 aromatic heterocycles. The summed E-state index contributed by atoms with van der Waals surface area (Å²) in [6.07, 6.45) is 1.08.